The van der Waals surface area contributed by atoms with Crippen LogP contribution in [0.4, 0.5) is 16.2 Å². The van der Waals surface area contributed by atoms with Gasteiger partial charge in [0.25, 0.3) is 5.91 Å². The smallest absolute Gasteiger partial charge is 0.410 e. The molecule has 39 heavy (non-hydrogen) atoms. The second-order valence-electron chi connectivity index (χ2n) is 10.4. The minimum atomic E-state index is -0.871. The number of fused-ring (bicyclic) bond motifs is 2. The molecule has 0 radical (unpaired) electrons. The molecule has 0 saturated carbocycles. The topological polar surface area (TPSA) is 100 Å². The summed E-state index contributed by atoms with van der Waals surface area (Å²) < 4.78 is 12.0. The molecule has 3 aromatic carbocycles. The standard InChI is InChI=1S/C29H33BrN4O5/c1-29(2,3)39-28(37)33(4)17-26(35)32-23-15-31-22-11-6-7-12-24(22)34(27(23)36)16-20-18-9-8-10-21(30)19(18)13-14-25(20)38-5/h6-14,23,31H,15-17H2,1-5H3,(H,32,35). The number of nitrogens with zero attached hydrogens (tertiary/aromatic N) is 2. The maximum atomic E-state index is 14.0. The Balaban J connectivity index is 1.62. The molecule has 0 aliphatic carbocycles. The fraction of sp³-hybridized carbons (Fsp3) is 0.345. The number of carbonyl (C=O) groups excluding carboxylic acids is 3. The van der Waals surface area contributed by atoms with Gasteiger partial charge in [-0.3, -0.25) is 9.59 Å². The lowest BCUT2D eigenvalue weighted by molar-refractivity contribution is -0.127. The van der Waals surface area contributed by atoms with E-state index in [4.69, 9.17) is 9.47 Å². The van der Waals surface area contributed by atoms with E-state index in [1.165, 1.54) is 11.9 Å². The molecule has 206 valence electrons. The zero-order valence-electron chi connectivity index (χ0n) is 22.7. The molecule has 0 aromatic heterocycles. The predicted molar refractivity (Wildman–Crippen MR) is 155 cm³/mol. The molecule has 3 aromatic rings. The number of anilines is 2. The molecule has 1 atom stereocenters. The van der Waals surface area contributed by atoms with E-state index in [0.717, 1.165) is 26.5 Å². The first-order valence-corrected chi connectivity index (χ1v) is 13.4. The Kier molecular flexibility index (Phi) is 8.34. The van der Waals surface area contributed by atoms with Crippen molar-refractivity contribution in [3.05, 3.63) is 64.6 Å². The van der Waals surface area contributed by atoms with Crippen molar-refractivity contribution >= 4 is 56.0 Å². The third kappa shape index (κ3) is 6.44. The molecule has 1 heterocycles. The van der Waals surface area contributed by atoms with Gasteiger partial charge in [0.15, 0.2) is 0 Å². The molecule has 3 amide bonds. The SMILES string of the molecule is COc1ccc2c(Br)cccc2c1CN1C(=O)C(NC(=O)CN(C)C(=O)OC(C)(C)C)CNc2ccccc21. The van der Waals surface area contributed by atoms with Crippen molar-refractivity contribution in [2.24, 2.45) is 0 Å². The Morgan fingerprint density at radius 3 is 2.56 bits per heavy atom. The molecule has 0 bridgehead atoms. The number of para-hydroxylation sites is 2. The summed E-state index contributed by atoms with van der Waals surface area (Å²) in [5.41, 5.74) is 1.62. The summed E-state index contributed by atoms with van der Waals surface area (Å²) in [7, 11) is 3.08. The highest BCUT2D eigenvalue weighted by atomic mass is 79.9. The largest absolute Gasteiger partial charge is 0.496 e. The van der Waals surface area contributed by atoms with E-state index in [0.29, 0.717) is 11.4 Å². The number of hydrogen-bond acceptors (Lipinski definition) is 6. The number of hydrogen-bond donors (Lipinski definition) is 2. The van der Waals surface area contributed by atoms with Crippen molar-refractivity contribution < 1.29 is 23.9 Å². The van der Waals surface area contributed by atoms with E-state index in [-0.39, 0.29) is 25.5 Å². The Hall–Kier alpha value is -3.79. The van der Waals surface area contributed by atoms with Crippen LogP contribution >= 0.6 is 15.9 Å². The molecule has 9 nitrogen and oxygen atoms in total. The first kappa shape index (κ1) is 28.2. The van der Waals surface area contributed by atoms with Crippen molar-refractivity contribution in [3.63, 3.8) is 0 Å². The average molecular weight is 598 g/mol. The summed E-state index contributed by atoms with van der Waals surface area (Å²) in [5.74, 6) is -0.0986. The third-order valence-corrected chi connectivity index (χ3v) is 6.98. The highest BCUT2D eigenvalue weighted by Crippen LogP contribution is 2.36. The third-order valence-electron chi connectivity index (χ3n) is 6.29. The maximum Gasteiger partial charge on any atom is 0.410 e. The van der Waals surface area contributed by atoms with Crippen molar-refractivity contribution in [2.75, 3.05) is 37.5 Å². The van der Waals surface area contributed by atoms with Crippen LogP contribution in [-0.2, 0) is 20.9 Å². The van der Waals surface area contributed by atoms with Crippen LogP contribution in [0.1, 0.15) is 26.3 Å². The number of methoxy groups -OCH3 is 1. The molecule has 0 saturated heterocycles. The summed E-state index contributed by atoms with van der Waals surface area (Å²) in [6, 6.07) is 16.4. The Morgan fingerprint density at radius 1 is 1.10 bits per heavy atom. The van der Waals surface area contributed by atoms with Crippen LogP contribution in [0, 0.1) is 0 Å². The molecular weight excluding hydrogens is 564 g/mol. The highest BCUT2D eigenvalue weighted by Gasteiger charge is 2.33. The average Bonchev–Trinajstić information content (AvgIpc) is 3.00. The van der Waals surface area contributed by atoms with Gasteiger partial charge in [0.2, 0.25) is 5.91 Å². The molecule has 0 fully saturated rings. The summed E-state index contributed by atoms with van der Waals surface area (Å²) in [6.45, 7) is 5.42. The fourth-order valence-corrected chi connectivity index (χ4v) is 4.97. The summed E-state index contributed by atoms with van der Waals surface area (Å²) in [4.78, 5) is 42.1. The van der Waals surface area contributed by atoms with Crippen molar-refractivity contribution in [1.29, 1.82) is 0 Å². The van der Waals surface area contributed by atoms with Crippen LogP contribution in [0.2, 0.25) is 0 Å². The molecule has 1 aliphatic heterocycles. The van der Waals surface area contributed by atoms with E-state index in [2.05, 4.69) is 26.6 Å². The number of carbonyl (C=O) groups is 3. The van der Waals surface area contributed by atoms with Gasteiger partial charge in [-0.2, -0.15) is 0 Å². The van der Waals surface area contributed by atoms with Gasteiger partial charge in [-0.1, -0.05) is 40.2 Å². The number of ether oxygens (including phenoxy) is 2. The van der Waals surface area contributed by atoms with Gasteiger partial charge in [-0.15, -0.1) is 0 Å². The second kappa shape index (κ2) is 11.5. The predicted octanol–water partition coefficient (Wildman–Crippen LogP) is 4.92. The Bertz CT molecular complexity index is 1400. The lowest BCUT2D eigenvalue weighted by Gasteiger charge is -2.28. The lowest BCUT2D eigenvalue weighted by Crippen LogP contribution is -2.52. The van der Waals surface area contributed by atoms with Crippen LogP contribution in [0.25, 0.3) is 10.8 Å². The Labute approximate surface area is 236 Å². The van der Waals surface area contributed by atoms with Crippen molar-refractivity contribution in [3.8, 4) is 5.75 Å². The van der Waals surface area contributed by atoms with Crippen LogP contribution < -0.4 is 20.3 Å². The van der Waals surface area contributed by atoms with Gasteiger partial charge >= 0.3 is 6.09 Å². The zero-order valence-corrected chi connectivity index (χ0v) is 24.3. The van der Waals surface area contributed by atoms with Crippen LogP contribution in [0.15, 0.2) is 59.1 Å². The highest BCUT2D eigenvalue weighted by molar-refractivity contribution is 9.10. The van der Waals surface area contributed by atoms with Crippen LogP contribution in [0.3, 0.4) is 0 Å². The van der Waals surface area contributed by atoms with Gasteiger partial charge < -0.3 is 29.9 Å². The second-order valence-corrected chi connectivity index (χ2v) is 11.2. The number of halogens is 1. The minimum Gasteiger partial charge on any atom is -0.496 e. The number of nitrogens with one attached hydrogen (secondary N) is 2. The van der Waals surface area contributed by atoms with E-state index < -0.39 is 23.6 Å². The van der Waals surface area contributed by atoms with Gasteiger partial charge in [0, 0.05) is 23.6 Å². The molecule has 1 unspecified atom stereocenters. The van der Waals surface area contributed by atoms with E-state index >= 15 is 0 Å². The van der Waals surface area contributed by atoms with Gasteiger partial charge in [0.05, 0.1) is 25.0 Å². The first-order chi connectivity index (χ1) is 18.5. The summed E-state index contributed by atoms with van der Waals surface area (Å²) in [6.07, 6.45) is -0.619. The number of benzene rings is 3. The minimum absolute atomic E-state index is 0.187. The van der Waals surface area contributed by atoms with Crippen molar-refractivity contribution in [2.45, 2.75) is 39.0 Å². The molecule has 2 N–H and O–H groups in total. The zero-order chi connectivity index (χ0) is 28.3. The summed E-state index contributed by atoms with van der Waals surface area (Å²) >= 11 is 3.62. The monoisotopic (exact) mass is 596 g/mol. The molecule has 10 heteroatoms. The van der Waals surface area contributed by atoms with E-state index in [9.17, 15) is 14.4 Å². The summed E-state index contributed by atoms with van der Waals surface area (Å²) in [5, 5.41) is 8.04. The van der Waals surface area contributed by atoms with Crippen molar-refractivity contribution in [1.82, 2.24) is 10.2 Å². The van der Waals surface area contributed by atoms with Gasteiger partial charge in [-0.05, 0) is 61.9 Å². The number of amides is 3. The molecule has 4 rings (SSSR count). The molecule has 0 spiro atoms. The normalized spacial score (nSPS) is 15.2. The van der Waals surface area contributed by atoms with Crippen LogP contribution in [0.5, 0.6) is 5.75 Å². The fourth-order valence-electron chi connectivity index (χ4n) is 4.47. The van der Waals surface area contributed by atoms with E-state index in [1.54, 1.807) is 32.8 Å². The number of likely N-dealkylation sites (N-methyl/N-ethyl adjacent to an activating group) is 1. The van der Waals surface area contributed by atoms with Gasteiger partial charge in [-0.25, -0.2) is 4.79 Å². The van der Waals surface area contributed by atoms with Gasteiger partial charge in [0.1, 0.15) is 23.9 Å². The van der Waals surface area contributed by atoms with Crippen LogP contribution in [-0.4, -0.2) is 61.7 Å². The Morgan fingerprint density at radius 2 is 1.85 bits per heavy atom. The van der Waals surface area contributed by atoms with E-state index in [1.807, 2.05) is 54.6 Å². The number of rotatable bonds is 6. The molecule has 1 aliphatic rings. The first-order valence-electron chi connectivity index (χ1n) is 12.6. The lowest BCUT2D eigenvalue weighted by atomic mass is 10.0. The molecular formula is C29H33BrN4O5. The maximum absolute atomic E-state index is 14.0. The quantitative estimate of drug-likeness (QED) is 0.419.